The van der Waals surface area contributed by atoms with Crippen molar-refractivity contribution in [3.63, 3.8) is 0 Å². The Morgan fingerprint density at radius 3 is 2.30 bits per heavy atom. The predicted molar refractivity (Wildman–Crippen MR) is 109 cm³/mol. The Bertz CT molecular complexity index is 1100. The molecule has 11 heteroatoms. The zero-order valence-electron chi connectivity index (χ0n) is 15.6. The molecule has 2 heterocycles. The number of ether oxygens (including phenoxy) is 2. The number of benzene rings is 2. The molecule has 0 N–H and O–H groups in total. The van der Waals surface area contributed by atoms with Crippen LogP contribution in [0.3, 0.4) is 0 Å². The van der Waals surface area contributed by atoms with Crippen molar-refractivity contribution in [3.8, 4) is 11.5 Å². The number of rotatable bonds is 3. The molecule has 0 radical (unpaired) electrons. The molecule has 0 unspecified atom stereocenters. The quantitative estimate of drug-likeness (QED) is 0.638. The predicted octanol–water partition coefficient (Wildman–Crippen LogP) is 3.05. The first-order valence-electron chi connectivity index (χ1n) is 9.11. The fourth-order valence-electron chi connectivity index (χ4n) is 3.32. The lowest BCUT2D eigenvalue weighted by Gasteiger charge is -2.34. The molecule has 0 aliphatic carbocycles. The van der Waals surface area contributed by atoms with Gasteiger partial charge in [-0.2, -0.15) is 4.31 Å². The Labute approximate surface area is 182 Å². The molecule has 0 aromatic heterocycles. The van der Waals surface area contributed by atoms with E-state index in [2.05, 4.69) is 0 Å². The van der Waals surface area contributed by atoms with Gasteiger partial charge in [0.25, 0.3) is 5.91 Å². The maximum Gasteiger partial charge on any atom is 0.255 e. The zero-order valence-corrected chi connectivity index (χ0v) is 17.9. The minimum atomic E-state index is -3.77. The van der Waals surface area contributed by atoms with Crippen molar-refractivity contribution in [1.29, 1.82) is 0 Å². The standard InChI is InChI=1S/C19H17Cl2FN2O5S/c20-14-11-15(21)16(22)10-13(14)19(25)23-3-5-24(6-4-23)30(26,27)12-1-2-17-18(9-12)29-8-7-28-17/h1-2,9-11H,3-8H2. The lowest BCUT2D eigenvalue weighted by atomic mass is 10.1. The summed E-state index contributed by atoms with van der Waals surface area (Å²) in [5.74, 6) is -0.339. The van der Waals surface area contributed by atoms with E-state index in [9.17, 15) is 17.6 Å². The van der Waals surface area contributed by atoms with Crippen LogP contribution in [-0.2, 0) is 10.0 Å². The summed E-state index contributed by atoms with van der Waals surface area (Å²) in [6.45, 7) is 1.24. The van der Waals surface area contributed by atoms with Gasteiger partial charge < -0.3 is 14.4 Å². The van der Waals surface area contributed by atoms with E-state index in [1.165, 1.54) is 27.4 Å². The molecule has 7 nitrogen and oxygen atoms in total. The number of hydrogen-bond acceptors (Lipinski definition) is 5. The first-order valence-corrected chi connectivity index (χ1v) is 11.3. The number of amides is 1. The summed E-state index contributed by atoms with van der Waals surface area (Å²) in [6, 6.07) is 6.64. The fourth-order valence-corrected chi connectivity index (χ4v) is 5.22. The van der Waals surface area contributed by atoms with E-state index in [-0.39, 0.29) is 46.7 Å². The van der Waals surface area contributed by atoms with Crippen LogP contribution < -0.4 is 9.47 Å². The number of carbonyl (C=O) groups is 1. The molecule has 0 bridgehead atoms. The summed E-state index contributed by atoms with van der Waals surface area (Å²) in [6.07, 6.45) is 0. The number of nitrogens with zero attached hydrogens (tertiary/aromatic N) is 2. The first kappa shape index (κ1) is 21.2. The lowest BCUT2D eigenvalue weighted by molar-refractivity contribution is 0.0697. The van der Waals surface area contributed by atoms with Gasteiger partial charge in [-0.05, 0) is 24.3 Å². The number of carbonyl (C=O) groups excluding carboxylic acids is 1. The molecule has 2 aromatic carbocycles. The van der Waals surface area contributed by atoms with Crippen molar-refractivity contribution in [1.82, 2.24) is 9.21 Å². The van der Waals surface area contributed by atoms with Gasteiger partial charge in [-0.25, -0.2) is 12.8 Å². The number of fused-ring (bicyclic) bond motifs is 1. The van der Waals surface area contributed by atoms with Gasteiger partial charge in [-0.1, -0.05) is 23.2 Å². The third-order valence-electron chi connectivity index (χ3n) is 4.92. The normalized spacial score (nSPS) is 17.1. The minimum Gasteiger partial charge on any atom is -0.486 e. The second-order valence-corrected chi connectivity index (χ2v) is 9.50. The van der Waals surface area contributed by atoms with Crippen LogP contribution in [0.25, 0.3) is 0 Å². The van der Waals surface area contributed by atoms with Crippen molar-refractivity contribution >= 4 is 39.1 Å². The molecule has 160 valence electrons. The molecule has 0 saturated carbocycles. The smallest absolute Gasteiger partial charge is 0.255 e. The Morgan fingerprint density at radius 1 is 0.933 bits per heavy atom. The van der Waals surface area contributed by atoms with E-state index in [1.807, 2.05) is 0 Å². The largest absolute Gasteiger partial charge is 0.486 e. The summed E-state index contributed by atoms with van der Waals surface area (Å²) in [7, 11) is -3.77. The molecule has 2 aliphatic rings. The third-order valence-corrected chi connectivity index (χ3v) is 7.41. The van der Waals surface area contributed by atoms with Gasteiger partial charge in [0.2, 0.25) is 10.0 Å². The highest BCUT2D eigenvalue weighted by Gasteiger charge is 2.32. The molecule has 4 rings (SSSR count). The average molecular weight is 475 g/mol. The highest BCUT2D eigenvalue weighted by Crippen LogP contribution is 2.33. The van der Waals surface area contributed by atoms with Gasteiger partial charge in [0, 0.05) is 32.2 Å². The minimum absolute atomic E-state index is 0.0123. The molecule has 2 aromatic rings. The van der Waals surface area contributed by atoms with Crippen molar-refractivity contribution < 1.29 is 27.1 Å². The van der Waals surface area contributed by atoms with Crippen LogP contribution >= 0.6 is 23.2 Å². The molecule has 1 amide bonds. The van der Waals surface area contributed by atoms with Crippen LogP contribution in [0.2, 0.25) is 10.0 Å². The summed E-state index contributed by atoms with van der Waals surface area (Å²) < 4.78 is 51.9. The molecular formula is C19H17Cl2FN2O5S. The molecule has 0 atom stereocenters. The number of hydrogen-bond donors (Lipinski definition) is 0. The van der Waals surface area contributed by atoms with Gasteiger partial charge in [0.1, 0.15) is 19.0 Å². The van der Waals surface area contributed by atoms with Gasteiger partial charge in [-0.3, -0.25) is 4.79 Å². The molecular weight excluding hydrogens is 458 g/mol. The van der Waals surface area contributed by atoms with E-state index in [0.717, 1.165) is 6.07 Å². The van der Waals surface area contributed by atoms with Crippen LogP contribution in [0.5, 0.6) is 11.5 Å². The van der Waals surface area contributed by atoms with E-state index in [1.54, 1.807) is 6.07 Å². The Kier molecular flexibility index (Phi) is 5.80. The molecule has 0 spiro atoms. The van der Waals surface area contributed by atoms with Crippen LogP contribution in [-0.4, -0.2) is 62.9 Å². The Hall–Kier alpha value is -2.07. The van der Waals surface area contributed by atoms with Crippen LogP contribution in [0.15, 0.2) is 35.2 Å². The zero-order chi connectivity index (χ0) is 21.5. The monoisotopic (exact) mass is 474 g/mol. The first-order chi connectivity index (χ1) is 14.3. The van der Waals surface area contributed by atoms with E-state index in [4.69, 9.17) is 32.7 Å². The fraction of sp³-hybridized carbons (Fsp3) is 0.316. The Morgan fingerprint density at radius 2 is 1.60 bits per heavy atom. The molecule has 2 aliphatic heterocycles. The van der Waals surface area contributed by atoms with Gasteiger partial charge in [0.15, 0.2) is 11.5 Å². The highest BCUT2D eigenvalue weighted by molar-refractivity contribution is 7.89. The summed E-state index contributed by atoms with van der Waals surface area (Å²) >= 11 is 11.7. The van der Waals surface area contributed by atoms with Gasteiger partial charge in [0.05, 0.1) is 20.5 Å². The van der Waals surface area contributed by atoms with Crippen molar-refractivity contribution in [2.75, 3.05) is 39.4 Å². The number of piperazine rings is 1. The SMILES string of the molecule is O=C(c1cc(F)c(Cl)cc1Cl)N1CCN(S(=O)(=O)c2ccc3c(c2)OCCO3)CC1. The lowest BCUT2D eigenvalue weighted by Crippen LogP contribution is -2.50. The van der Waals surface area contributed by atoms with Crippen LogP contribution in [0.4, 0.5) is 4.39 Å². The summed E-state index contributed by atoms with van der Waals surface area (Å²) in [5, 5.41) is -0.135. The molecule has 1 saturated heterocycles. The van der Waals surface area contributed by atoms with E-state index in [0.29, 0.717) is 24.7 Å². The number of halogens is 3. The van der Waals surface area contributed by atoms with Crippen LogP contribution in [0, 0.1) is 5.82 Å². The van der Waals surface area contributed by atoms with Crippen molar-refractivity contribution in [2.45, 2.75) is 4.90 Å². The molecule has 30 heavy (non-hydrogen) atoms. The highest BCUT2D eigenvalue weighted by atomic mass is 35.5. The maximum atomic E-state index is 13.7. The molecule has 1 fully saturated rings. The maximum absolute atomic E-state index is 13.7. The topological polar surface area (TPSA) is 76.2 Å². The Balaban J connectivity index is 1.48. The van der Waals surface area contributed by atoms with E-state index < -0.39 is 21.7 Å². The van der Waals surface area contributed by atoms with Crippen molar-refractivity contribution in [3.05, 3.63) is 51.8 Å². The number of sulfonamides is 1. The second kappa shape index (κ2) is 8.22. The van der Waals surface area contributed by atoms with Gasteiger partial charge in [-0.15, -0.1) is 0 Å². The average Bonchev–Trinajstić information content (AvgIpc) is 2.75. The summed E-state index contributed by atoms with van der Waals surface area (Å²) in [5.41, 5.74) is -0.0123. The summed E-state index contributed by atoms with van der Waals surface area (Å²) in [4.78, 5) is 14.2. The van der Waals surface area contributed by atoms with E-state index >= 15 is 0 Å². The second-order valence-electron chi connectivity index (χ2n) is 6.75. The van der Waals surface area contributed by atoms with Crippen molar-refractivity contribution in [2.24, 2.45) is 0 Å². The van der Waals surface area contributed by atoms with Gasteiger partial charge >= 0.3 is 0 Å². The third kappa shape index (κ3) is 3.94. The van der Waals surface area contributed by atoms with Crippen LogP contribution in [0.1, 0.15) is 10.4 Å².